The SMILES string of the molecule is C1CN([C]23[CH]4[CH]5[CH]6[CH]2[Fe]56432789[CH]3[CH]2[CH]7[CH]8[CH]39)C([C]23[CH]4[CH]5[CH]6[CH]2[Fe]56432789[CH]3[CH]2[CH]7[CH]8[CH]39)CN1. The summed E-state index contributed by atoms with van der Waals surface area (Å²) in [6.07, 6.45) is 0. The fraction of sp³-hybridized carbons (Fsp3) is 1.00. The van der Waals surface area contributed by atoms with Gasteiger partial charge in [0.2, 0.25) is 0 Å². The molecule has 0 amide bonds. The Kier molecular flexibility index (Phi) is 0.246. The summed E-state index contributed by atoms with van der Waals surface area (Å²) in [5.41, 5.74) is 0. The van der Waals surface area contributed by atoms with Gasteiger partial charge in [-0.3, -0.25) is 0 Å². The fourth-order valence-electron chi connectivity index (χ4n) is 35.7. The van der Waals surface area contributed by atoms with Gasteiger partial charge in [0, 0.05) is 0 Å². The molecule has 21 heterocycles. The second kappa shape index (κ2) is 0.729. The van der Waals surface area contributed by atoms with Crippen LogP contribution in [0.15, 0.2) is 0 Å². The normalized spacial score (nSPS) is 150. The summed E-state index contributed by atoms with van der Waals surface area (Å²) in [7, 11) is 0. The Hall–Kier alpha value is 0.959. The zero-order valence-corrected chi connectivity index (χ0v) is 18.0. The van der Waals surface area contributed by atoms with Crippen molar-refractivity contribution >= 4 is 0 Å². The van der Waals surface area contributed by atoms with Crippen LogP contribution in [0.3, 0.4) is 0 Å². The maximum absolute atomic E-state index is 4.10. The third kappa shape index (κ3) is 0.0897. The van der Waals surface area contributed by atoms with Crippen LogP contribution in [-0.2, 0) is 13.0 Å². The van der Waals surface area contributed by atoms with Crippen molar-refractivity contribution in [1.29, 1.82) is 0 Å². The molecule has 21 saturated heterocycles. The molecule has 148 valence electrons. The minimum absolute atomic E-state index is 1.09. The minimum atomic E-state index is -2.99. The van der Waals surface area contributed by atoms with Crippen molar-refractivity contribution in [1.82, 2.24) is 10.2 Å². The summed E-state index contributed by atoms with van der Waals surface area (Å²) >= 11 is 0. The summed E-state index contributed by atoms with van der Waals surface area (Å²) < 4.78 is 2.25. The van der Waals surface area contributed by atoms with Crippen molar-refractivity contribution in [3.63, 3.8) is 0 Å². The van der Waals surface area contributed by atoms with Crippen LogP contribution >= 0.6 is 0 Å². The molecular formula is C24H26Fe2N2. The average Bonchev–Trinajstić information content (AvgIpc) is 3.61. The van der Waals surface area contributed by atoms with E-state index in [0.29, 0.717) is 0 Å². The van der Waals surface area contributed by atoms with E-state index in [0.717, 1.165) is 8.75 Å². The number of rotatable bonds is 2. The fourth-order valence-corrected chi connectivity index (χ4v) is 185. The average molecular weight is 454 g/mol. The van der Waals surface area contributed by atoms with Crippen LogP contribution in [0.25, 0.3) is 0 Å². The van der Waals surface area contributed by atoms with Crippen molar-refractivity contribution in [2.75, 3.05) is 19.6 Å². The molecule has 2 nitrogen and oxygen atoms in total. The van der Waals surface area contributed by atoms with Gasteiger partial charge < -0.3 is 0 Å². The van der Waals surface area contributed by atoms with E-state index < -0.39 is 13.0 Å². The van der Waals surface area contributed by atoms with Crippen LogP contribution < -0.4 is 5.32 Å². The Bertz CT molecular complexity index is 1830. The first-order valence-corrected chi connectivity index (χ1v) is 25.8. The Morgan fingerprint density at radius 2 is 1.11 bits per heavy atom. The number of nitrogens with one attached hydrogen (secondary N) is 1. The summed E-state index contributed by atoms with van der Waals surface area (Å²) in [5.74, 6) is 0. The van der Waals surface area contributed by atoms with E-state index in [2.05, 4.69) is 10.2 Å². The first kappa shape index (κ1) is 9.44. The van der Waals surface area contributed by atoms with Gasteiger partial charge in [0.15, 0.2) is 0 Å². The van der Waals surface area contributed by atoms with Crippen molar-refractivity contribution < 1.29 is 13.0 Å². The van der Waals surface area contributed by atoms with Gasteiger partial charge in [0.1, 0.15) is 0 Å². The van der Waals surface area contributed by atoms with Crippen LogP contribution in [0.5, 0.6) is 0 Å². The van der Waals surface area contributed by atoms with Crippen LogP contribution in [0.1, 0.15) is 0 Å². The Morgan fingerprint density at radius 1 is 0.607 bits per heavy atom. The monoisotopic (exact) mass is 454 g/mol. The number of hydrogen-bond donors (Lipinski definition) is 1. The van der Waals surface area contributed by atoms with E-state index in [4.69, 9.17) is 0 Å². The second-order valence-electron chi connectivity index (χ2n) is 21.3. The molecule has 21 fully saturated rings. The molecule has 0 aliphatic carbocycles. The summed E-state index contributed by atoms with van der Waals surface area (Å²) in [6.45, 7) is -1.49. The molecule has 1 N–H and O–H groups in total. The molecule has 4 heteroatoms. The van der Waals surface area contributed by atoms with Gasteiger partial charge >= 0.3 is 144 Å². The van der Waals surface area contributed by atoms with Crippen molar-refractivity contribution in [2.45, 2.75) is 101 Å². The standard InChI is InChI=1S/C14H16N2.2C5H5.2Fe/c1-2-6-12(5-1)14-11-15-9-10-16(14)13-7-3-4-8-13;2*1-2-4-5-3-1;;/h1-8,14-15H,9-11H2;2*1-5H;;. The van der Waals surface area contributed by atoms with Gasteiger partial charge in [-0.2, -0.15) is 0 Å². The zero-order chi connectivity index (χ0) is 16.0. The second-order valence-corrected chi connectivity index (χ2v) is 68.4. The molecule has 9 unspecified atom stereocenters. The van der Waals surface area contributed by atoms with Gasteiger partial charge in [-0.25, -0.2) is 0 Å². The van der Waals surface area contributed by atoms with Gasteiger partial charge in [0.05, 0.1) is 0 Å². The topological polar surface area (TPSA) is 15.3 Å². The summed E-state index contributed by atoms with van der Waals surface area (Å²) in [4.78, 5) is 31.4. The Balaban J connectivity index is 1.03. The van der Waals surface area contributed by atoms with E-state index in [9.17, 15) is 0 Å². The quantitative estimate of drug-likeness (QED) is 0.569. The van der Waals surface area contributed by atoms with Crippen LogP contribution in [0.2, 0.25) is 91.0 Å². The van der Waals surface area contributed by atoms with E-state index in [-0.39, 0.29) is 0 Å². The predicted octanol–water partition coefficient (Wildman–Crippen LogP) is 5.32. The molecule has 0 bridgehead atoms. The van der Waals surface area contributed by atoms with E-state index in [1.54, 1.807) is 74.0 Å². The number of hydrogen-bond acceptors (Lipinski definition) is 2. The van der Waals surface area contributed by atoms with E-state index in [1.807, 2.05) is 0 Å². The molecule has 0 radical (unpaired) electrons. The predicted molar refractivity (Wildman–Crippen MR) is 96.3 cm³/mol. The molecule has 0 saturated carbocycles. The van der Waals surface area contributed by atoms with Gasteiger partial charge in [-0.15, -0.1) is 0 Å². The van der Waals surface area contributed by atoms with Gasteiger partial charge in [-0.1, -0.05) is 0 Å². The van der Waals surface area contributed by atoms with Crippen molar-refractivity contribution in [3.05, 3.63) is 0 Å². The molecule has 0 aromatic heterocycles. The molecule has 21 aliphatic rings. The van der Waals surface area contributed by atoms with E-state index in [1.165, 1.54) is 38.4 Å². The molecule has 28 heavy (non-hydrogen) atoms. The van der Waals surface area contributed by atoms with Crippen molar-refractivity contribution in [2.24, 2.45) is 0 Å². The molecule has 21 rings (SSSR count). The summed E-state index contributed by atoms with van der Waals surface area (Å²) in [5, 5.41) is 4.10. The third-order valence-corrected chi connectivity index (χ3v) is 116. The zero-order valence-electron chi connectivity index (χ0n) is 15.7. The van der Waals surface area contributed by atoms with Crippen LogP contribution in [0, 0.1) is 0 Å². The first-order chi connectivity index (χ1) is 13.3. The summed E-state index contributed by atoms with van der Waals surface area (Å²) in [6, 6.07) is 1.18. The Morgan fingerprint density at radius 3 is 1.46 bits per heavy atom. The van der Waals surface area contributed by atoms with Crippen molar-refractivity contribution in [3.8, 4) is 0 Å². The van der Waals surface area contributed by atoms with Crippen LogP contribution in [0.4, 0.5) is 0 Å². The molecule has 0 aromatic rings. The van der Waals surface area contributed by atoms with E-state index >= 15 is 0 Å². The molecule has 21 aliphatic heterocycles. The van der Waals surface area contributed by atoms with Crippen LogP contribution in [-0.4, -0.2) is 35.0 Å². The molecule has 0 aromatic carbocycles. The molecule has 9 atom stereocenters. The van der Waals surface area contributed by atoms with Gasteiger partial charge in [0.25, 0.3) is 0 Å². The number of fused-ring (bicyclic) bond motifs is 20. The third-order valence-electron chi connectivity index (χ3n) is 31.6. The number of nitrogens with zero attached hydrogens (tertiary/aromatic N) is 1. The molecular weight excluding hydrogens is 428 g/mol. The molecule has 2 spiro atoms. The maximum atomic E-state index is 4.10. The number of piperazine rings is 1. The first-order valence-electron chi connectivity index (χ1n) is 13.2. The van der Waals surface area contributed by atoms with Gasteiger partial charge in [-0.05, 0) is 0 Å². The Labute approximate surface area is 143 Å².